The topological polar surface area (TPSA) is 55.6 Å². The molecule has 1 aliphatic rings. The van der Waals surface area contributed by atoms with Gasteiger partial charge in [0.15, 0.2) is 0 Å². The smallest absolute Gasteiger partial charge is 0.222 e. The molecule has 0 aromatic heterocycles. The van der Waals surface area contributed by atoms with Crippen LogP contribution in [0, 0.1) is 0 Å². The SMILES string of the molecule is NC1CCN(C(=O)CCCOc2cccc3ccccc23)CC1. The van der Waals surface area contributed by atoms with E-state index in [4.69, 9.17) is 10.5 Å². The lowest BCUT2D eigenvalue weighted by molar-refractivity contribution is -0.132. The fourth-order valence-electron chi connectivity index (χ4n) is 3.03. The Labute approximate surface area is 137 Å². The number of likely N-dealkylation sites (tertiary alicyclic amines) is 1. The fourth-order valence-corrected chi connectivity index (χ4v) is 3.03. The highest BCUT2D eigenvalue weighted by atomic mass is 16.5. The molecule has 0 radical (unpaired) electrons. The van der Waals surface area contributed by atoms with E-state index in [0.717, 1.165) is 43.5 Å². The van der Waals surface area contributed by atoms with Gasteiger partial charge in [0, 0.05) is 30.9 Å². The average Bonchev–Trinajstić information content (AvgIpc) is 2.59. The van der Waals surface area contributed by atoms with Gasteiger partial charge in [-0.25, -0.2) is 0 Å². The lowest BCUT2D eigenvalue weighted by Gasteiger charge is -2.30. The Balaban J connectivity index is 1.47. The molecule has 1 amide bonds. The molecule has 1 saturated heterocycles. The summed E-state index contributed by atoms with van der Waals surface area (Å²) in [5.74, 6) is 1.11. The lowest BCUT2D eigenvalue weighted by atomic mass is 10.1. The van der Waals surface area contributed by atoms with E-state index >= 15 is 0 Å². The molecule has 0 saturated carbocycles. The summed E-state index contributed by atoms with van der Waals surface area (Å²) < 4.78 is 5.88. The lowest BCUT2D eigenvalue weighted by Crippen LogP contribution is -2.42. The van der Waals surface area contributed by atoms with E-state index in [9.17, 15) is 4.79 Å². The van der Waals surface area contributed by atoms with E-state index in [-0.39, 0.29) is 11.9 Å². The predicted molar refractivity (Wildman–Crippen MR) is 92.5 cm³/mol. The molecular weight excluding hydrogens is 288 g/mol. The summed E-state index contributed by atoms with van der Waals surface area (Å²) in [5, 5.41) is 2.29. The van der Waals surface area contributed by atoms with Crippen LogP contribution in [0.3, 0.4) is 0 Å². The number of hydrogen-bond donors (Lipinski definition) is 1. The summed E-state index contributed by atoms with van der Waals surface area (Å²) in [5.41, 5.74) is 5.87. The number of carbonyl (C=O) groups is 1. The van der Waals surface area contributed by atoms with Crippen molar-refractivity contribution in [2.75, 3.05) is 19.7 Å². The predicted octanol–water partition coefficient (Wildman–Crippen LogP) is 2.95. The minimum atomic E-state index is 0.221. The van der Waals surface area contributed by atoms with Gasteiger partial charge >= 0.3 is 0 Å². The van der Waals surface area contributed by atoms with Gasteiger partial charge in [0.1, 0.15) is 5.75 Å². The number of piperidine rings is 1. The van der Waals surface area contributed by atoms with E-state index < -0.39 is 0 Å². The van der Waals surface area contributed by atoms with E-state index in [1.807, 2.05) is 29.2 Å². The van der Waals surface area contributed by atoms with Crippen LogP contribution in [-0.4, -0.2) is 36.5 Å². The van der Waals surface area contributed by atoms with Crippen LogP contribution in [0.4, 0.5) is 0 Å². The van der Waals surface area contributed by atoms with E-state index in [1.54, 1.807) is 0 Å². The minimum absolute atomic E-state index is 0.221. The van der Waals surface area contributed by atoms with Crippen molar-refractivity contribution in [1.29, 1.82) is 0 Å². The molecule has 2 aromatic carbocycles. The third-order valence-corrected chi connectivity index (χ3v) is 4.43. The van der Waals surface area contributed by atoms with Gasteiger partial charge in [-0.2, -0.15) is 0 Å². The highest BCUT2D eigenvalue weighted by molar-refractivity contribution is 5.88. The zero-order chi connectivity index (χ0) is 16.1. The van der Waals surface area contributed by atoms with E-state index in [0.29, 0.717) is 13.0 Å². The summed E-state index contributed by atoms with van der Waals surface area (Å²) in [7, 11) is 0. The molecule has 4 nitrogen and oxygen atoms in total. The first kappa shape index (κ1) is 15.8. The highest BCUT2D eigenvalue weighted by Gasteiger charge is 2.19. The van der Waals surface area contributed by atoms with Crippen LogP contribution in [0.2, 0.25) is 0 Å². The molecule has 0 bridgehead atoms. The average molecular weight is 312 g/mol. The summed E-state index contributed by atoms with van der Waals surface area (Å²) in [6, 6.07) is 14.5. The van der Waals surface area contributed by atoms with Crippen molar-refractivity contribution >= 4 is 16.7 Å². The molecule has 122 valence electrons. The number of nitrogens with zero attached hydrogens (tertiary/aromatic N) is 1. The van der Waals surface area contributed by atoms with Crippen molar-refractivity contribution in [3.8, 4) is 5.75 Å². The number of carbonyl (C=O) groups excluding carboxylic acids is 1. The molecular formula is C19H24N2O2. The highest BCUT2D eigenvalue weighted by Crippen LogP contribution is 2.25. The molecule has 2 aromatic rings. The van der Waals surface area contributed by atoms with Gasteiger partial charge in [0.05, 0.1) is 6.61 Å². The van der Waals surface area contributed by atoms with Crippen LogP contribution in [0.15, 0.2) is 42.5 Å². The maximum absolute atomic E-state index is 12.2. The number of fused-ring (bicyclic) bond motifs is 1. The molecule has 23 heavy (non-hydrogen) atoms. The number of rotatable bonds is 5. The second-order valence-corrected chi connectivity index (χ2v) is 6.15. The van der Waals surface area contributed by atoms with Gasteiger partial charge in [-0.05, 0) is 30.7 Å². The molecule has 1 aliphatic heterocycles. The Hall–Kier alpha value is -2.07. The quantitative estimate of drug-likeness (QED) is 0.864. The Morgan fingerprint density at radius 2 is 1.87 bits per heavy atom. The van der Waals surface area contributed by atoms with Crippen LogP contribution >= 0.6 is 0 Å². The van der Waals surface area contributed by atoms with Gasteiger partial charge in [-0.3, -0.25) is 4.79 Å². The van der Waals surface area contributed by atoms with Crippen molar-refractivity contribution < 1.29 is 9.53 Å². The molecule has 0 aliphatic carbocycles. The Kier molecular flexibility index (Phi) is 5.13. The number of hydrogen-bond acceptors (Lipinski definition) is 3. The standard InChI is InChI=1S/C19H24N2O2/c20-16-10-12-21(13-11-16)19(22)9-4-14-23-18-8-3-6-15-5-1-2-7-17(15)18/h1-3,5-8,16H,4,9-14,20H2. The maximum atomic E-state index is 12.2. The zero-order valence-electron chi connectivity index (χ0n) is 13.4. The molecule has 4 heteroatoms. The maximum Gasteiger partial charge on any atom is 0.222 e. The van der Waals surface area contributed by atoms with Crippen molar-refractivity contribution in [1.82, 2.24) is 4.90 Å². The van der Waals surface area contributed by atoms with Crippen LogP contribution in [0.5, 0.6) is 5.75 Å². The van der Waals surface area contributed by atoms with Gasteiger partial charge in [-0.15, -0.1) is 0 Å². The summed E-state index contributed by atoms with van der Waals surface area (Å²) in [4.78, 5) is 14.1. The summed E-state index contributed by atoms with van der Waals surface area (Å²) in [6.07, 6.45) is 3.11. The number of amides is 1. The van der Waals surface area contributed by atoms with Crippen LogP contribution < -0.4 is 10.5 Å². The summed E-state index contributed by atoms with van der Waals surface area (Å²) >= 11 is 0. The number of benzene rings is 2. The first-order valence-electron chi connectivity index (χ1n) is 8.38. The van der Waals surface area contributed by atoms with Gasteiger partial charge < -0.3 is 15.4 Å². The third-order valence-electron chi connectivity index (χ3n) is 4.43. The monoisotopic (exact) mass is 312 g/mol. The minimum Gasteiger partial charge on any atom is -0.493 e. The van der Waals surface area contributed by atoms with Gasteiger partial charge in [-0.1, -0.05) is 36.4 Å². The second-order valence-electron chi connectivity index (χ2n) is 6.15. The molecule has 2 N–H and O–H groups in total. The van der Waals surface area contributed by atoms with Crippen molar-refractivity contribution in [3.63, 3.8) is 0 Å². The number of ether oxygens (including phenoxy) is 1. The van der Waals surface area contributed by atoms with Crippen LogP contribution in [0.1, 0.15) is 25.7 Å². The van der Waals surface area contributed by atoms with E-state index in [2.05, 4.69) is 18.2 Å². The van der Waals surface area contributed by atoms with Crippen molar-refractivity contribution in [3.05, 3.63) is 42.5 Å². The molecule has 0 spiro atoms. The molecule has 0 atom stereocenters. The first-order chi connectivity index (χ1) is 11.2. The third kappa shape index (κ3) is 4.02. The zero-order valence-corrected chi connectivity index (χ0v) is 13.4. The first-order valence-corrected chi connectivity index (χ1v) is 8.38. The fraction of sp³-hybridized carbons (Fsp3) is 0.421. The second kappa shape index (κ2) is 7.47. The van der Waals surface area contributed by atoms with Crippen LogP contribution in [0.25, 0.3) is 10.8 Å². The molecule has 1 fully saturated rings. The van der Waals surface area contributed by atoms with Gasteiger partial charge in [0.25, 0.3) is 0 Å². The van der Waals surface area contributed by atoms with Crippen molar-refractivity contribution in [2.45, 2.75) is 31.7 Å². The van der Waals surface area contributed by atoms with E-state index in [1.165, 1.54) is 5.39 Å². The largest absolute Gasteiger partial charge is 0.493 e. The Bertz CT molecular complexity index is 658. The summed E-state index contributed by atoms with van der Waals surface area (Å²) in [6.45, 7) is 2.15. The Morgan fingerprint density at radius 3 is 2.70 bits per heavy atom. The number of nitrogens with two attached hydrogens (primary N) is 1. The molecule has 1 heterocycles. The van der Waals surface area contributed by atoms with Crippen LogP contribution in [-0.2, 0) is 4.79 Å². The molecule has 3 rings (SSSR count). The molecule has 0 unspecified atom stereocenters. The normalized spacial score (nSPS) is 15.8. The Morgan fingerprint density at radius 1 is 1.13 bits per heavy atom. The van der Waals surface area contributed by atoms with Gasteiger partial charge in [0.2, 0.25) is 5.91 Å². The van der Waals surface area contributed by atoms with Crippen molar-refractivity contribution in [2.24, 2.45) is 5.73 Å².